The van der Waals surface area contributed by atoms with Gasteiger partial charge in [-0.05, 0) is 67.1 Å². The summed E-state index contributed by atoms with van der Waals surface area (Å²) >= 11 is 13.6. The predicted octanol–water partition coefficient (Wildman–Crippen LogP) is 8.13. The van der Waals surface area contributed by atoms with Gasteiger partial charge in [0.2, 0.25) is 0 Å². The van der Waals surface area contributed by atoms with Crippen molar-refractivity contribution >= 4 is 57.8 Å². The molecule has 45 heavy (non-hydrogen) atoms. The molecule has 1 fully saturated rings. The highest BCUT2D eigenvalue weighted by Crippen LogP contribution is 2.50. The monoisotopic (exact) mass is 635 g/mol. The van der Waals surface area contributed by atoms with E-state index in [1.165, 1.54) is 12.1 Å². The van der Waals surface area contributed by atoms with Crippen molar-refractivity contribution in [1.82, 2.24) is 14.7 Å². The van der Waals surface area contributed by atoms with Crippen LogP contribution < -0.4 is 9.80 Å². The van der Waals surface area contributed by atoms with E-state index in [9.17, 15) is 4.39 Å². The normalized spacial score (nSPS) is 17.3. The number of fused-ring (bicyclic) bond motifs is 4. The second-order valence-corrected chi connectivity index (χ2v) is 12.1. The highest BCUT2D eigenvalue weighted by Gasteiger charge is 2.43. The molecule has 0 spiro atoms. The first-order valence-corrected chi connectivity index (χ1v) is 15.6. The lowest BCUT2D eigenvalue weighted by atomic mass is 9.93. The number of aromatic nitrogens is 2. The molecule has 0 aliphatic carbocycles. The number of amidine groups is 2. The Bertz CT molecular complexity index is 1980. The van der Waals surface area contributed by atoms with E-state index in [0.717, 1.165) is 83.2 Å². The van der Waals surface area contributed by atoms with Gasteiger partial charge in [-0.1, -0.05) is 65.7 Å². The summed E-state index contributed by atoms with van der Waals surface area (Å²) in [5, 5.41) is 6.00. The van der Waals surface area contributed by atoms with Crippen molar-refractivity contribution in [3.63, 3.8) is 0 Å². The standard InChI is InChI=1S/C35H28Cl2FN7/c1-22-30-32(26-10-7-11-27(36)31(26)37)44-29-13-6-5-12-28(29)39-34(35(44)40-33(30)45(41-22)25-8-3-2-4-9-25)43-20-18-42(19-21-43)24-16-14-23(38)15-17-24/h2-17,32H,18-21H2,1H3/t32-/m0/s1. The Morgan fingerprint density at radius 3 is 2.20 bits per heavy atom. The van der Waals surface area contributed by atoms with Gasteiger partial charge in [-0.3, -0.25) is 0 Å². The summed E-state index contributed by atoms with van der Waals surface area (Å²) in [6.45, 7) is 4.98. The maximum atomic E-state index is 13.6. The van der Waals surface area contributed by atoms with E-state index in [4.69, 9.17) is 38.3 Å². The van der Waals surface area contributed by atoms with Crippen molar-refractivity contribution in [1.29, 1.82) is 0 Å². The minimum Gasteiger partial charge on any atom is -0.368 e. The number of aliphatic imine (C=N–C) groups is 2. The third kappa shape index (κ3) is 4.67. The van der Waals surface area contributed by atoms with Gasteiger partial charge in [-0.2, -0.15) is 5.10 Å². The fraction of sp³-hybridized carbons (Fsp3) is 0.171. The number of halogens is 3. The number of piperazine rings is 1. The van der Waals surface area contributed by atoms with Crippen LogP contribution in [0.25, 0.3) is 5.69 Å². The van der Waals surface area contributed by atoms with Gasteiger partial charge in [0, 0.05) is 37.4 Å². The molecule has 8 rings (SSSR count). The summed E-state index contributed by atoms with van der Waals surface area (Å²) in [4.78, 5) is 17.4. The molecule has 1 aromatic heterocycles. The lowest BCUT2D eigenvalue weighted by molar-refractivity contribution is 0.389. The fourth-order valence-corrected chi connectivity index (χ4v) is 6.92. The van der Waals surface area contributed by atoms with Gasteiger partial charge in [-0.25, -0.2) is 19.1 Å². The molecule has 1 atom stereocenters. The Kier molecular flexibility index (Phi) is 6.84. The Morgan fingerprint density at radius 1 is 0.711 bits per heavy atom. The molecule has 224 valence electrons. The van der Waals surface area contributed by atoms with E-state index < -0.39 is 0 Å². The van der Waals surface area contributed by atoms with Crippen molar-refractivity contribution in [3.05, 3.63) is 130 Å². The third-order valence-electron chi connectivity index (χ3n) is 8.67. The minimum absolute atomic E-state index is 0.235. The van der Waals surface area contributed by atoms with E-state index in [2.05, 4.69) is 20.8 Å². The van der Waals surface area contributed by atoms with E-state index in [1.807, 2.05) is 90.5 Å². The van der Waals surface area contributed by atoms with Crippen molar-refractivity contribution in [2.45, 2.75) is 13.0 Å². The second kappa shape index (κ2) is 11.1. The van der Waals surface area contributed by atoms with Gasteiger partial charge in [-0.15, -0.1) is 0 Å². The highest BCUT2D eigenvalue weighted by atomic mass is 35.5. The number of anilines is 2. The third-order valence-corrected chi connectivity index (χ3v) is 9.50. The number of rotatable bonds is 3. The molecule has 4 aromatic carbocycles. The quantitative estimate of drug-likeness (QED) is 0.201. The molecule has 4 heterocycles. The SMILES string of the molecule is Cc1nn(-c2ccccc2)c2c1[C@H](c1cccc(Cl)c1Cl)N1C(=N2)C(N2CCN(c3ccc(F)cc3)CC2)=Nc2ccccc21. The number of para-hydroxylation sites is 3. The zero-order valence-corrected chi connectivity index (χ0v) is 25.9. The Balaban J connectivity index is 1.29. The first-order valence-electron chi connectivity index (χ1n) is 14.9. The largest absolute Gasteiger partial charge is 0.368 e. The van der Waals surface area contributed by atoms with Crippen LogP contribution in [0.3, 0.4) is 0 Å². The van der Waals surface area contributed by atoms with E-state index in [-0.39, 0.29) is 11.9 Å². The molecule has 0 amide bonds. The van der Waals surface area contributed by atoms with Crippen LogP contribution in [-0.2, 0) is 0 Å². The molecule has 3 aliphatic heterocycles. The molecule has 7 nitrogen and oxygen atoms in total. The number of benzene rings is 4. The number of hydrogen-bond acceptors (Lipinski definition) is 6. The summed E-state index contributed by atoms with van der Waals surface area (Å²) in [6.07, 6.45) is 0. The van der Waals surface area contributed by atoms with Crippen LogP contribution in [0.1, 0.15) is 22.9 Å². The Morgan fingerprint density at radius 2 is 1.42 bits per heavy atom. The number of nitrogens with zero attached hydrogens (tertiary/aromatic N) is 7. The Labute approximate surface area is 270 Å². The van der Waals surface area contributed by atoms with Crippen LogP contribution in [0.4, 0.5) is 27.3 Å². The van der Waals surface area contributed by atoms with Crippen molar-refractivity contribution < 1.29 is 4.39 Å². The number of aryl methyl sites for hydroxylation is 1. The molecule has 0 bridgehead atoms. The summed E-state index contributed by atoms with van der Waals surface area (Å²) in [7, 11) is 0. The van der Waals surface area contributed by atoms with E-state index in [1.54, 1.807) is 0 Å². The predicted molar refractivity (Wildman–Crippen MR) is 180 cm³/mol. The molecule has 0 unspecified atom stereocenters. The molecule has 0 saturated carbocycles. The van der Waals surface area contributed by atoms with Crippen LogP contribution in [0.5, 0.6) is 0 Å². The van der Waals surface area contributed by atoms with Gasteiger partial charge in [0.05, 0.1) is 38.8 Å². The first kappa shape index (κ1) is 27.9. The topological polar surface area (TPSA) is 52.3 Å². The summed E-state index contributed by atoms with van der Waals surface area (Å²) < 4.78 is 15.5. The summed E-state index contributed by atoms with van der Waals surface area (Å²) in [5.74, 6) is 2.03. The highest BCUT2D eigenvalue weighted by molar-refractivity contribution is 6.48. The molecule has 3 aliphatic rings. The van der Waals surface area contributed by atoms with Crippen molar-refractivity contribution in [2.75, 3.05) is 36.0 Å². The molecule has 0 radical (unpaired) electrons. The molecule has 1 saturated heterocycles. The van der Waals surface area contributed by atoms with Gasteiger partial charge in [0.25, 0.3) is 0 Å². The van der Waals surface area contributed by atoms with Crippen LogP contribution in [0.15, 0.2) is 107 Å². The van der Waals surface area contributed by atoms with Crippen molar-refractivity contribution in [2.24, 2.45) is 9.98 Å². The zero-order chi connectivity index (χ0) is 30.7. The van der Waals surface area contributed by atoms with Gasteiger partial charge < -0.3 is 14.7 Å². The molecule has 5 aromatic rings. The zero-order valence-electron chi connectivity index (χ0n) is 24.4. The average Bonchev–Trinajstić information content (AvgIpc) is 3.41. The second-order valence-electron chi connectivity index (χ2n) is 11.3. The molecular formula is C35H28Cl2FN7. The van der Waals surface area contributed by atoms with E-state index in [0.29, 0.717) is 10.0 Å². The lowest BCUT2D eigenvalue weighted by Crippen LogP contribution is -2.55. The molecule has 0 N–H and O–H groups in total. The fourth-order valence-electron chi connectivity index (χ4n) is 6.51. The van der Waals surface area contributed by atoms with Crippen LogP contribution in [-0.4, -0.2) is 52.5 Å². The Hall–Kier alpha value is -4.66. The van der Waals surface area contributed by atoms with Gasteiger partial charge >= 0.3 is 0 Å². The van der Waals surface area contributed by atoms with Gasteiger partial charge in [0.1, 0.15) is 5.82 Å². The van der Waals surface area contributed by atoms with Gasteiger partial charge in [0.15, 0.2) is 17.5 Å². The molecular weight excluding hydrogens is 608 g/mol. The maximum absolute atomic E-state index is 13.6. The smallest absolute Gasteiger partial charge is 0.179 e. The maximum Gasteiger partial charge on any atom is 0.179 e. The summed E-state index contributed by atoms with van der Waals surface area (Å²) in [6, 6.07) is 30.3. The first-order chi connectivity index (χ1) is 22.0. The van der Waals surface area contributed by atoms with E-state index >= 15 is 0 Å². The van der Waals surface area contributed by atoms with Crippen molar-refractivity contribution in [3.8, 4) is 5.69 Å². The average molecular weight is 637 g/mol. The molecule has 10 heteroatoms. The van der Waals surface area contributed by atoms with Crippen LogP contribution in [0, 0.1) is 12.7 Å². The summed E-state index contributed by atoms with van der Waals surface area (Å²) in [5.41, 5.74) is 6.39. The lowest BCUT2D eigenvalue weighted by Gasteiger charge is -2.44. The number of hydrogen-bond donors (Lipinski definition) is 0. The minimum atomic E-state index is -0.358. The van der Waals surface area contributed by atoms with Crippen LogP contribution in [0.2, 0.25) is 10.0 Å². The van der Waals surface area contributed by atoms with Crippen LogP contribution >= 0.6 is 23.2 Å².